The average Bonchev–Trinajstić information content (AvgIpc) is 3.00. The van der Waals surface area contributed by atoms with Crippen molar-refractivity contribution in [2.45, 2.75) is 0 Å². The molecule has 0 radical (unpaired) electrons. The van der Waals surface area contributed by atoms with Gasteiger partial charge >= 0.3 is 5.97 Å². The molecule has 3 rings (SSSR count). The van der Waals surface area contributed by atoms with Gasteiger partial charge in [-0.05, 0) is 12.1 Å². The summed E-state index contributed by atoms with van der Waals surface area (Å²) in [5.41, 5.74) is 1.94. The normalized spacial score (nSPS) is 10.6. The summed E-state index contributed by atoms with van der Waals surface area (Å²) in [6.07, 6.45) is 4.87. The number of nitrogens with zero attached hydrogens (tertiary/aromatic N) is 3. The number of anilines is 1. The van der Waals surface area contributed by atoms with Gasteiger partial charge in [-0.1, -0.05) is 0 Å². The predicted molar refractivity (Wildman–Crippen MR) is 79.8 cm³/mol. The van der Waals surface area contributed by atoms with E-state index in [1.807, 2.05) is 6.07 Å². The van der Waals surface area contributed by atoms with Crippen LogP contribution in [0.25, 0.3) is 22.3 Å². The molecule has 3 aromatic rings. The van der Waals surface area contributed by atoms with Gasteiger partial charge < -0.3 is 20.1 Å². The van der Waals surface area contributed by atoms with E-state index >= 15 is 0 Å². The number of aromatic amines is 1. The Bertz CT molecular complexity index is 830. The molecule has 3 aromatic heterocycles. The Morgan fingerprint density at radius 2 is 2.23 bits per heavy atom. The number of ether oxygens (including phenoxy) is 1. The van der Waals surface area contributed by atoms with Crippen LogP contribution in [0, 0.1) is 0 Å². The highest BCUT2D eigenvalue weighted by Gasteiger charge is 2.15. The first-order chi connectivity index (χ1) is 10.7. The van der Waals surface area contributed by atoms with E-state index < -0.39 is 5.97 Å². The highest BCUT2D eigenvalue weighted by molar-refractivity contribution is 5.95. The molecule has 0 bridgehead atoms. The number of hydrogen-bond acceptors (Lipinski definition) is 6. The van der Waals surface area contributed by atoms with Gasteiger partial charge in [0.1, 0.15) is 23.7 Å². The Hall–Kier alpha value is -3.16. The second kappa shape index (κ2) is 5.68. The minimum absolute atomic E-state index is 0.226. The third-order valence-electron chi connectivity index (χ3n) is 3.06. The van der Waals surface area contributed by atoms with Gasteiger partial charge in [-0.2, -0.15) is 0 Å². The Labute approximate surface area is 125 Å². The van der Waals surface area contributed by atoms with Gasteiger partial charge in [0.15, 0.2) is 0 Å². The number of pyridine rings is 1. The summed E-state index contributed by atoms with van der Waals surface area (Å²) in [6.45, 7) is -0.226. The van der Waals surface area contributed by atoms with E-state index in [1.165, 1.54) is 7.11 Å². The van der Waals surface area contributed by atoms with Gasteiger partial charge in [0.05, 0.1) is 7.11 Å². The molecule has 0 spiro atoms. The van der Waals surface area contributed by atoms with Crippen molar-refractivity contribution in [1.29, 1.82) is 0 Å². The SMILES string of the molecule is COc1nccnc1-c1cc(NCC(=O)O)nc2[nH]ccc12. The fourth-order valence-corrected chi connectivity index (χ4v) is 2.15. The van der Waals surface area contributed by atoms with Crippen LogP contribution in [-0.4, -0.2) is 44.7 Å². The van der Waals surface area contributed by atoms with E-state index in [9.17, 15) is 4.79 Å². The van der Waals surface area contributed by atoms with E-state index in [1.54, 1.807) is 24.7 Å². The first-order valence-electron chi connectivity index (χ1n) is 6.48. The molecule has 0 aromatic carbocycles. The molecule has 0 unspecified atom stereocenters. The molecule has 0 saturated carbocycles. The number of carboxylic acids is 1. The van der Waals surface area contributed by atoms with Gasteiger partial charge in [-0.15, -0.1) is 0 Å². The highest BCUT2D eigenvalue weighted by atomic mass is 16.5. The van der Waals surface area contributed by atoms with Crippen LogP contribution >= 0.6 is 0 Å². The molecular formula is C14H13N5O3. The van der Waals surface area contributed by atoms with E-state index in [0.29, 0.717) is 23.0 Å². The number of nitrogens with one attached hydrogen (secondary N) is 2. The molecule has 8 heteroatoms. The largest absolute Gasteiger partial charge is 0.480 e. The second-order valence-corrected chi connectivity index (χ2v) is 4.46. The van der Waals surface area contributed by atoms with Crippen LogP contribution in [0.4, 0.5) is 5.82 Å². The van der Waals surface area contributed by atoms with Crippen LogP contribution in [0.5, 0.6) is 5.88 Å². The van der Waals surface area contributed by atoms with Gasteiger partial charge in [-0.3, -0.25) is 4.79 Å². The van der Waals surface area contributed by atoms with E-state index in [4.69, 9.17) is 9.84 Å². The van der Waals surface area contributed by atoms with E-state index in [0.717, 1.165) is 10.9 Å². The molecule has 0 fully saturated rings. The van der Waals surface area contributed by atoms with Crippen LogP contribution in [0.15, 0.2) is 30.7 Å². The Balaban J connectivity index is 2.14. The minimum atomic E-state index is -0.966. The topological polar surface area (TPSA) is 113 Å². The van der Waals surface area contributed by atoms with Gasteiger partial charge in [-0.25, -0.2) is 15.0 Å². The lowest BCUT2D eigenvalue weighted by molar-refractivity contribution is -0.134. The molecule has 3 heterocycles. The fraction of sp³-hybridized carbons (Fsp3) is 0.143. The molecule has 0 aliphatic heterocycles. The lowest BCUT2D eigenvalue weighted by atomic mass is 10.1. The van der Waals surface area contributed by atoms with Crippen molar-refractivity contribution in [3.8, 4) is 17.1 Å². The van der Waals surface area contributed by atoms with Crippen molar-refractivity contribution in [3.63, 3.8) is 0 Å². The quantitative estimate of drug-likeness (QED) is 0.654. The number of fused-ring (bicyclic) bond motifs is 1. The molecule has 112 valence electrons. The number of carboxylic acid groups (broad SMARTS) is 1. The summed E-state index contributed by atoms with van der Waals surface area (Å²) in [6, 6.07) is 3.60. The third kappa shape index (κ3) is 2.53. The molecular weight excluding hydrogens is 286 g/mol. The number of aliphatic carboxylic acids is 1. The summed E-state index contributed by atoms with van der Waals surface area (Å²) in [4.78, 5) is 26.5. The lowest BCUT2D eigenvalue weighted by Crippen LogP contribution is -2.13. The number of aromatic nitrogens is 4. The van der Waals surface area contributed by atoms with E-state index in [2.05, 4.69) is 25.3 Å². The van der Waals surface area contributed by atoms with Crippen molar-refractivity contribution in [2.24, 2.45) is 0 Å². The Morgan fingerprint density at radius 1 is 1.41 bits per heavy atom. The molecule has 3 N–H and O–H groups in total. The molecule has 0 saturated heterocycles. The zero-order valence-corrected chi connectivity index (χ0v) is 11.7. The maximum Gasteiger partial charge on any atom is 0.322 e. The first kappa shape index (κ1) is 13.8. The third-order valence-corrected chi connectivity index (χ3v) is 3.06. The number of rotatable bonds is 5. The monoisotopic (exact) mass is 299 g/mol. The zero-order valence-electron chi connectivity index (χ0n) is 11.7. The lowest BCUT2D eigenvalue weighted by Gasteiger charge is -2.09. The van der Waals surface area contributed by atoms with Gasteiger partial charge in [0.25, 0.3) is 0 Å². The number of methoxy groups -OCH3 is 1. The average molecular weight is 299 g/mol. The number of carbonyl (C=O) groups is 1. The molecule has 0 aliphatic rings. The number of H-pyrrole nitrogens is 1. The van der Waals surface area contributed by atoms with E-state index in [-0.39, 0.29) is 6.54 Å². The fourth-order valence-electron chi connectivity index (χ4n) is 2.15. The van der Waals surface area contributed by atoms with Crippen molar-refractivity contribution < 1.29 is 14.6 Å². The van der Waals surface area contributed by atoms with Crippen LogP contribution < -0.4 is 10.1 Å². The molecule has 22 heavy (non-hydrogen) atoms. The standard InChI is InChI=1S/C14H13N5O3/c1-22-14-12(15-4-5-17-14)9-6-10(18-7-11(20)21)19-13-8(9)2-3-16-13/h2-6H,7H2,1H3,(H,20,21)(H2,16,18,19). The van der Waals surface area contributed by atoms with Crippen molar-refractivity contribution >= 4 is 22.8 Å². The van der Waals surface area contributed by atoms with Crippen molar-refractivity contribution in [1.82, 2.24) is 19.9 Å². The Kier molecular flexibility index (Phi) is 3.57. The Morgan fingerprint density at radius 3 is 3.00 bits per heavy atom. The molecule has 8 nitrogen and oxygen atoms in total. The highest BCUT2D eigenvalue weighted by Crippen LogP contribution is 2.32. The molecule has 0 aliphatic carbocycles. The minimum Gasteiger partial charge on any atom is -0.480 e. The van der Waals surface area contributed by atoms with Crippen molar-refractivity contribution in [3.05, 3.63) is 30.7 Å². The number of hydrogen-bond donors (Lipinski definition) is 3. The van der Waals surface area contributed by atoms with Crippen LogP contribution in [-0.2, 0) is 4.79 Å². The maximum absolute atomic E-state index is 10.7. The van der Waals surface area contributed by atoms with Crippen molar-refractivity contribution in [2.75, 3.05) is 19.0 Å². The maximum atomic E-state index is 10.7. The zero-order chi connectivity index (χ0) is 15.5. The first-order valence-corrected chi connectivity index (χ1v) is 6.48. The molecule has 0 atom stereocenters. The summed E-state index contributed by atoms with van der Waals surface area (Å²) in [7, 11) is 1.52. The summed E-state index contributed by atoms with van der Waals surface area (Å²) in [5.74, 6) is -0.146. The smallest absolute Gasteiger partial charge is 0.322 e. The van der Waals surface area contributed by atoms with Gasteiger partial charge in [0.2, 0.25) is 5.88 Å². The predicted octanol–water partition coefficient (Wildman–Crippen LogP) is 1.52. The summed E-state index contributed by atoms with van der Waals surface area (Å²) < 4.78 is 5.24. The van der Waals surface area contributed by atoms with Crippen LogP contribution in [0.1, 0.15) is 0 Å². The summed E-state index contributed by atoms with van der Waals surface area (Å²) in [5, 5.41) is 12.4. The second-order valence-electron chi connectivity index (χ2n) is 4.46. The van der Waals surface area contributed by atoms with Crippen LogP contribution in [0.3, 0.4) is 0 Å². The summed E-state index contributed by atoms with van der Waals surface area (Å²) >= 11 is 0. The van der Waals surface area contributed by atoms with Gasteiger partial charge in [0, 0.05) is 29.5 Å². The molecule has 0 amide bonds. The van der Waals surface area contributed by atoms with Crippen LogP contribution in [0.2, 0.25) is 0 Å².